The first-order chi connectivity index (χ1) is 9.72. The van der Waals surface area contributed by atoms with Gasteiger partial charge in [0, 0.05) is 11.2 Å². The Bertz CT molecular complexity index is 699. The van der Waals surface area contributed by atoms with Crippen molar-refractivity contribution in [3.8, 4) is 5.69 Å². The summed E-state index contributed by atoms with van der Waals surface area (Å²) in [7, 11) is 0. The molecule has 0 aliphatic carbocycles. The van der Waals surface area contributed by atoms with Crippen LogP contribution in [0, 0.1) is 5.92 Å². The smallest absolute Gasteiger partial charge is 0.0969 e. The number of nitrogens with one attached hydrogen (secondary N) is 1. The molecule has 4 nitrogen and oxygen atoms in total. The zero-order valence-corrected chi connectivity index (χ0v) is 12.5. The minimum absolute atomic E-state index is 0.644. The maximum Gasteiger partial charge on any atom is 0.0969 e. The third-order valence-corrected chi connectivity index (χ3v) is 4.00. The van der Waals surface area contributed by atoms with Crippen molar-refractivity contribution in [2.24, 2.45) is 5.92 Å². The number of rotatable bonds is 5. The molecule has 0 atom stereocenters. The van der Waals surface area contributed by atoms with E-state index in [0.717, 1.165) is 24.5 Å². The van der Waals surface area contributed by atoms with Gasteiger partial charge in [0.1, 0.15) is 0 Å². The summed E-state index contributed by atoms with van der Waals surface area (Å²) >= 11 is 1.75. The van der Waals surface area contributed by atoms with Crippen LogP contribution in [0.1, 0.15) is 19.5 Å². The monoisotopic (exact) mass is 286 g/mol. The summed E-state index contributed by atoms with van der Waals surface area (Å²) in [6, 6.07) is 8.49. The zero-order chi connectivity index (χ0) is 13.9. The Morgan fingerprint density at radius 1 is 1.30 bits per heavy atom. The summed E-state index contributed by atoms with van der Waals surface area (Å²) in [6.07, 6.45) is 1.99. The summed E-state index contributed by atoms with van der Waals surface area (Å²) in [5.74, 6) is 0.644. The van der Waals surface area contributed by atoms with E-state index in [2.05, 4.69) is 59.1 Å². The standard InChI is InChI=1S/C15H18N4S/c1-11(2)8-16-9-13-10-19(18-17-13)14-3-4-15-12(7-14)5-6-20-15/h3-7,10-11,16H,8-9H2,1-2H3. The van der Waals surface area contributed by atoms with Crippen molar-refractivity contribution in [2.45, 2.75) is 20.4 Å². The molecule has 20 heavy (non-hydrogen) atoms. The van der Waals surface area contributed by atoms with E-state index < -0.39 is 0 Å². The van der Waals surface area contributed by atoms with Gasteiger partial charge in [-0.1, -0.05) is 19.1 Å². The lowest BCUT2D eigenvalue weighted by Gasteiger charge is -2.04. The number of hydrogen-bond acceptors (Lipinski definition) is 4. The molecule has 0 aliphatic rings. The molecule has 1 N–H and O–H groups in total. The highest BCUT2D eigenvalue weighted by atomic mass is 32.1. The van der Waals surface area contributed by atoms with Gasteiger partial charge in [-0.25, -0.2) is 4.68 Å². The first kappa shape index (κ1) is 13.3. The quantitative estimate of drug-likeness (QED) is 0.783. The average molecular weight is 286 g/mol. The van der Waals surface area contributed by atoms with Crippen LogP contribution < -0.4 is 5.32 Å². The van der Waals surface area contributed by atoms with Crippen LogP contribution in [0.4, 0.5) is 0 Å². The molecule has 3 aromatic rings. The van der Waals surface area contributed by atoms with Gasteiger partial charge in [-0.05, 0) is 47.5 Å². The minimum Gasteiger partial charge on any atom is -0.311 e. The highest BCUT2D eigenvalue weighted by Gasteiger charge is 2.04. The lowest BCUT2D eigenvalue weighted by Crippen LogP contribution is -2.19. The summed E-state index contributed by atoms with van der Waals surface area (Å²) in [5.41, 5.74) is 2.02. The van der Waals surface area contributed by atoms with Gasteiger partial charge >= 0.3 is 0 Å². The third-order valence-electron chi connectivity index (χ3n) is 3.10. The minimum atomic E-state index is 0.644. The molecule has 1 aromatic carbocycles. The molecule has 0 saturated heterocycles. The van der Waals surface area contributed by atoms with Crippen molar-refractivity contribution in [2.75, 3.05) is 6.54 Å². The molecule has 5 heteroatoms. The van der Waals surface area contributed by atoms with Crippen molar-refractivity contribution < 1.29 is 0 Å². The van der Waals surface area contributed by atoms with Crippen molar-refractivity contribution in [1.82, 2.24) is 20.3 Å². The fourth-order valence-electron chi connectivity index (χ4n) is 2.09. The van der Waals surface area contributed by atoms with E-state index in [1.165, 1.54) is 10.1 Å². The maximum absolute atomic E-state index is 4.21. The second kappa shape index (κ2) is 5.73. The lowest BCUT2D eigenvalue weighted by molar-refractivity contribution is 0.548. The number of fused-ring (bicyclic) bond motifs is 1. The van der Waals surface area contributed by atoms with E-state index in [1.807, 2.05) is 10.9 Å². The van der Waals surface area contributed by atoms with Gasteiger partial charge < -0.3 is 5.32 Å². The van der Waals surface area contributed by atoms with Crippen molar-refractivity contribution in [1.29, 1.82) is 0 Å². The Kier molecular flexibility index (Phi) is 3.80. The van der Waals surface area contributed by atoms with E-state index in [1.54, 1.807) is 11.3 Å². The number of benzene rings is 1. The molecule has 0 amide bonds. The number of aromatic nitrogens is 3. The predicted octanol–water partition coefficient (Wildman–Crippen LogP) is 3.23. The first-order valence-electron chi connectivity index (χ1n) is 6.82. The molecule has 3 rings (SSSR count). The van der Waals surface area contributed by atoms with Crippen molar-refractivity contribution in [3.05, 3.63) is 41.5 Å². The topological polar surface area (TPSA) is 42.7 Å². The van der Waals surface area contributed by atoms with Crippen molar-refractivity contribution >= 4 is 21.4 Å². The molecule has 2 aromatic heterocycles. The van der Waals surface area contributed by atoms with E-state index in [4.69, 9.17) is 0 Å². The Balaban J connectivity index is 1.75. The van der Waals surface area contributed by atoms with Crippen LogP contribution in [-0.4, -0.2) is 21.5 Å². The van der Waals surface area contributed by atoms with Gasteiger partial charge in [0.15, 0.2) is 0 Å². The van der Waals surface area contributed by atoms with Crippen LogP contribution in [0.15, 0.2) is 35.8 Å². The second-order valence-corrected chi connectivity index (χ2v) is 6.27. The van der Waals surface area contributed by atoms with E-state index >= 15 is 0 Å². The van der Waals surface area contributed by atoms with E-state index in [0.29, 0.717) is 5.92 Å². The van der Waals surface area contributed by atoms with Crippen LogP contribution in [0.5, 0.6) is 0 Å². The molecule has 0 fully saturated rings. The predicted molar refractivity (Wildman–Crippen MR) is 83.3 cm³/mol. The van der Waals surface area contributed by atoms with E-state index in [9.17, 15) is 0 Å². The highest BCUT2D eigenvalue weighted by molar-refractivity contribution is 7.17. The number of hydrogen-bond donors (Lipinski definition) is 1. The average Bonchev–Trinajstić information content (AvgIpc) is 3.05. The SMILES string of the molecule is CC(C)CNCc1cn(-c2ccc3sccc3c2)nn1. The van der Waals surface area contributed by atoms with Gasteiger partial charge in [-0.15, -0.1) is 16.4 Å². The van der Waals surface area contributed by atoms with Crippen LogP contribution in [-0.2, 0) is 6.54 Å². The molecule has 2 heterocycles. The summed E-state index contributed by atoms with van der Waals surface area (Å²) < 4.78 is 3.14. The fraction of sp³-hybridized carbons (Fsp3) is 0.333. The van der Waals surface area contributed by atoms with Gasteiger partial charge in [0.2, 0.25) is 0 Å². The van der Waals surface area contributed by atoms with Gasteiger partial charge in [-0.3, -0.25) is 0 Å². The summed E-state index contributed by atoms with van der Waals surface area (Å²) in [5, 5.41) is 15.2. The summed E-state index contributed by atoms with van der Waals surface area (Å²) in [6.45, 7) is 6.15. The lowest BCUT2D eigenvalue weighted by atomic mass is 10.2. The summed E-state index contributed by atoms with van der Waals surface area (Å²) in [4.78, 5) is 0. The van der Waals surface area contributed by atoms with E-state index in [-0.39, 0.29) is 0 Å². The molecule has 0 spiro atoms. The molecular weight excluding hydrogens is 268 g/mol. The molecule has 0 bridgehead atoms. The number of nitrogens with zero attached hydrogens (tertiary/aromatic N) is 3. The third kappa shape index (κ3) is 2.89. The largest absolute Gasteiger partial charge is 0.311 e. The van der Waals surface area contributed by atoms with Crippen molar-refractivity contribution in [3.63, 3.8) is 0 Å². The molecular formula is C15H18N4S. The molecule has 0 radical (unpaired) electrons. The second-order valence-electron chi connectivity index (χ2n) is 5.32. The fourth-order valence-corrected chi connectivity index (χ4v) is 2.86. The molecule has 0 saturated carbocycles. The highest BCUT2D eigenvalue weighted by Crippen LogP contribution is 2.23. The van der Waals surface area contributed by atoms with Gasteiger partial charge in [0.25, 0.3) is 0 Å². The Labute approximate surface area is 122 Å². The first-order valence-corrected chi connectivity index (χ1v) is 7.70. The van der Waals surface area contributed by atoms with Crippen LogP contribution in [0.2, 0.25) is 0 Å². The zero-order valence-electron chi connectivity index (χ0n) is 11.7. The maximum atomic E-state index is 4.21. The van der Waals surface area contributed by atoms with Gasteiger partial charge in [-0.2, -0.15) is 0 Å². The Morgan fingerprint density at radius 3 is 3.05 bits per heavy atom. The Hall–Kier alpha value is -1.72. The molecule has 0 aliphatic heterocycles. The Morgan fingerprint density at radius 2 is 2.20 bits per heavy atom. The normalized spacial score (nSPS) is 11.6. The van der Waals surface area contributed by atoms with Crippen LogP contribution >= 0.6 is 11.3 Å². The van der Waals surface area contributed by atoms with Crippen LogP contribution in [0.3, 0.4) is 0 Å². The number of thiophene rings is 1. The van der Waals surface area contributed by atoms with Gasteiger partial charge in [0.05, 0.1) is 17.6 Å². The molecule has 0 unspecified atom stereocenters. The molecule has 104 valence electrons. The van der Waals surface area contributed by atoms with Crippen LogP contribution in [0.25, 0.3) is 15.8 Å².